The summed E-state index contributed by atoms with van der Waals surface area (Å²) >= 11 is 0. The minimum Gasteiger partial charge on any atom is -0.496 e. The number of pyridine rings is 1. The van der Waals surface area contributed by atoms with Crippen molar-refractivity contribution in [3.8, 4) is 57.2 Å². The zero-order valence-electron chi connectivity index (χ0n) is 18.0. The summed E-state index contributed by atoms with van der Waals surface area (Å²) in [5.41, 5.74) is 8.87. The minimum atomic E-state index is 0.0987. The van der Waals surface area contributed by atoms with E-state index in [4.69, 9.17) is 29.4 Å². The lowest BCUT2D eigenvalue weighted by Gasteiger charge is -2.17. The second kappa shape index (κ2) is 9.13. The molecule has 0 spiro atoms. The Morgan fingerprint density at radius 2 is 1.29 bits per heavy atom. The Morgan fingerprint density at radius 1 is 0.710 bits per heavy atom. The molecule has 8 heteroatoms. The van der Waals surface area contributed by atoms with Crippen LogP contribution in [0.2, 0.25) is 0 Å². The fourth-order valence-corrected chi connectivity index (χ4v) is 3.28. The summed E-state index contributed by atoms with van der Waals surface area (Å²) < 4.78 is 27.0. The van der Waals surface area contributed by atoms with Crippen LogP contribution < -0.4 is 29.4 Å². The van der Waals surface area contributed by atoms with Crippen LogP contribution >= 0.6 is 0 Å². The van der Waals surface area contributed by atoms with E-state index in [0.29, 0.717) is 45.6 Å². The van der Waals surface area contributed by atoms with E-state index in [1.54, 1.807) is 44.6 Å². The van der Waals surface area contributed by atoms with Gasteiger partial charge in [0.1, 0.15) is 23.2 Å². The van der Waals surface area contributed by atoms with E-state index in [-0.39, 0.29) is 11.4 Å². The number of rotatable bonds is 7. The smallest absolute Gasteiger partial charge is 0.164 e. The molecule has 0 fully saturated rings. The van der Waals surface area contributed by atoms with Crippen molar-refractivity contribution in [3.05, 3.63) is 42.0 Å². The molecule has 2 aromatic carbocycles. The van der Waals surface area contributed by atoms with Crippen LogP contribution in [0.3, 0.4) is 0 Å². The van der Waals surface area contributed by atoms with Gasteiger partial charge in [0.05, 0.1) is 41.2 Å². The lowest BCUT2D eigenvalue weighted by atomic mass is 9.97. The minimum absolute atomic E-state index is 0.0987. The van der Waals surface area contributed by atoms with Crippen molar-refractivity contribution in [1.29, 1.82) is 5.26 Å². The number of nitrogens with zero attached hydrogens (tertiary/aromatic N) is 2. The first-order chi connectivity index (χ1) is 15.0. The summed E-state index contributed by atoms with van der Waals surface area (Å²) in [6, 6.07) is 12.8. The molecule has 31 heavy (non-hydrogen) atoms. The second-order valence-electron chi connectivity index (χ2n) is 6.40. The quantitative estimate of drug-likeness (QED) is 0.612. The Morgan fingerprint density at radius 3 is 1.87 bits per heavy atom. The van der Waals surface area contributed by atoms with Crippen LogP contribution in [0.1, 0.15) is 5.56 Å². The first kappa shape index (κ1) is 21.6. The van der Waals surface area contributed by atoms with Gasteiger partial charge in [-0.25, -0.2) is 4.98 Å². The van der Waals surface area contributed by atoms with Crippen molar-refractivity contribution in [2.45, 2.75) is 0 Å². The molecule has 2 N–H and O–H groups in total. The third-order valence-corrected chi connectivity index (χ3v) is 4.83. The number of benzene rings is 2. The Hall–Kier alpha value is -4.12. The fourth-order valence-electron chi connectivity index (χ4n) is 3.28. The molecule has 8 nitrogen and oxygen atoms in total. The average Bonchev–Trinajstić information content (AvgIpc) is 2.81. The number of hydrogen-bond donors (Lipinski definition) is 1. The van der Waals surface area contributed by atoms with Gasteiger partial charge >= 0.3 is 0 Å². The van der Waals surface area contributed by atoms with E-state index < -0.39 is 0 Å². The third kappa shape index (κ3) is 3.98. The summed E-state index contributed by atoms with van der Waals surface area (Å²) in [6.45, 7) is 0. The normalized spacial score (nSPS) is 10.2. The molecular weight excluding hydrogens is 398 g/mol. The van der Waals surface area contributed by atoms with Crippen molar-refractivity contribution in [3.63, 3.8) is 0 Å². The number of nitriles is 1. The molecule has 0 aliphatic carbocycles. The van der Waals surface area contributed by atoms with Crippen molar-refractivity contribution >= 4 is 5.82 Å². The molecule has 0 aliphatic rings. The molecule has 0 saturated carbocycles. The number of ether oxygens (including phenoxy) is 5. The molecule has 0 radical (unpaired) electrons. The van der Waals surface area contributed by atoms with Crippen LogP contribution in [-0.2, 0) is 0 Å². The van der Waals surface area contributed by atoms with E-state index in [2.05, 4.69) is 11.1 Å². The van der Waals surface area contributed by atoms with Crippen LogP contribution in [0.15, 0.2) is 36.4 Å². The first-order valence-electron chi connectivity index (χ1n) is 9.24. The number of nitrogen functional groups attached to an aromatic ring is 1. The summed E-state index contributed by atoms with van der Waals surface area (Å²) in [5, 5.41) is 9.76. The van der Waals surface area contributed by atoms with Gasteiger partial charge in [-0.05, 0) is 30.3 Å². The molecule has 160 valence electrons. The van der Waals surface area contributed by atoms with Crippen LogP contribution in [0, 0.1) is 11.3 Å². The van der Waals surface area contributed by atoms with Gasteiger partial charge in [-0.2, -0.15) is 5.26 Å². The fraction of sp³-hybridized carbons (Fsp3) is 0.217. The van der Waals surface area contributed by atoms with Gasteiger partial charge in [0.2, 0.25) is 0 Å². The van der Waals surface area contributed by atoms with Gasteiger partial charge in [-0.3, -0.25) is 0 Å². The van der Waals surface area contributed by atoms with Crippen LogP contribution in [0.4, 0.5) is 5.82 Å². The molecular formula is C23H23N3O5. The maximum absolute atomic E-state index is 9.76. The van der Waals surface area contributed by atoms with Crippen molar-refractivity contribution in [2.75, 3.05) is 41.3 Å². The number of anilines is 1. The topological polar surface area (TPSA) is 109 Å². The molecule has 0 unspecified atom stereocenters. The highest BCUT2D eigenvalue weighted by atomic mass is 16.5. The molecule has 1 heterocycles. The van der Waals surface area contributed by atoms with E-state index in [1.807, 2.05) is 6.07 Å². The SMILES string of the molecule is COc1ccc(-c2cc(-c3cc(OC)c(OC)cc3OC)c(C#N)c(N)n2)cc1OC. The van der Waals surface area contributed by atoms with Gasteiger partial charge < -0.3 is 29.4 Å². The molecule has 0 saturated heterocycles. The Bertz CT molecular complexity index is 1150. The van der Waals surface area contributed by atoms with Gasteiger partial charge in [0, 0.05) is 22.8 Å². The number of aromatic nitrogens is 1. The number of hydrogen-bond acceptors (Lipinski definition) is 8. The Labute approximate surface area is 180 Å². The van der Waals surface area contributed by atoms with E-state index in [0.717, 1.165) is 5.56 Å². The van der Waals surface area contributed by atoms with E-state index >= 15 is 0 Å². The van der Waals surface area contributed by atoms with Crippen LogP contribution in [-0.4, -0.2) is 40.5 Å². The first-order valence-corrected chi connectivity index (χ1v) is 9.24. The molecule has 3 rings (SSSR count). The number of nitrogens with two attached hydrogens (primary N) is 1. The van der Waals surface area contributed by atoms with Crippen molar-refractivity contribution in [1.82, 2.24) is 4.98 Å². The average molecular weight is 421 g/mol. The largest absolute Gasteiger partial charge is 0.496 e. The summed E-state index contributed by atoms with van der Waals surface area (Å²) in [7, 11) is 7.74. The second-order valence-corrected chi connectivity index (χ2v) is 6.40. The molecule has 1 aromatic heterocycles. The highest BCUT2D eigenvalue weighted by Crippen LogP contribution is 2.43. The monoisotopic (exact) mass is 421 g/mol. The molecule has 0 bridgehead atoms. The lowest BCUT2D eigenvalue weighted by molar-refractivity contribution is 0.349. The van der Waals surface area contributed by atoms with Crippen LogP contribution in [0.5, 0.6) is 28.7 Å². The Kier molecular flexibility index (Phi) is 6.36. The highest BCUT2D eigenvalue weighted by molar-refractivity contribution is 5.84. The van der Waals surface area contributed by atoms with Crippen molar-refractivity contribution in [2.24, 2.45) is 0 Å². The maximum Gasteiger partial charge on any atom is 0.164 e. The zero-order chi connectivity index (χ0) is 22.5. The van der Waals surface area contributed by atoms with Crippen LogP contribution in [0.25, 0.3) is 22.4 Å². The van der Waals surface area contributed by atoms with Gasteiger partial charge in [0.15, 0.2) is 23.0 Å². The molecule has 0 aliphatic heterocycles. The highest BCUT2D eigenvalue weighted by Gasteiger charge is 2.20. The zero-order valence-corrected chi connectivity index (χ0v) is 18.0. The maximum atomic E-state index is 9.76. The predicted molar refractivity (Wildman–Crippen MR) is 117 cm³/mol. The van der Waals surface area contributed by atoms with Crippen molar-refractivity contribution < 1.29 is 23.7 Å². The summed E-state index contributed by atoms with van der Waals surface area (Å²) in [6.07, 6.45) is 0. The predicted octanol–water partition coefficient (Wildman–Crippen LogP) is 3.91. The number of methoxy groups -OCH3 is 5. The van der Waals surface area contributed by atoms with Gasteiger partial charge in [-0.1, -0.05) is 0 Å². The van der Waals surface area contributed by atoms with Gasteiger partial charge in [0.25, 0.3) is 0 Å². The molecule has 0 amide bonds. The third-order valence-electron chi connectivity index (χ3n) is 4.83. The molecule has 3 aromatic rings. The summed E-state index contributed by atoms with van der Waals surface area (Å²) in [5.74, 6) is 2.73. The summed E-state index contributed by atoms with van der Waals surface area (Å²) in [4.78, 5) is 4.43. The standard InChI is InChI=1S/C23H23N3O5/c1-27-18-7-6-13(8-20(18)29-3)17-9-14(16(12-24)23(25)26-17)15-10-21(30-4)22(31-5)11-19(15)28-2/h6-11H,1-5H3,(H2,25,26). The van der Waals surface area contributed by atoms with E-state index in [9.17, 15) is 5.26 Å². The Balaban J connectivity index is 2.28. The van der Waals surface area contributed by atoms with Gasteiger partial charge in [-0.15, -0.1) is 0 Å². The van der Waals surface area contributed by atoms with E-state index in [1.165, 1.54) is 21.3 Å². The lowest BCUT2D eigenvalue weighted by Crippen LogP contribution is -2.02. The molecule has 0 atom stereocenters.